The molecule has 0 bridgehead atoms. The summed E-state index contributed by atoms with van der Waals surface area (Å²) >= 11 is 0. The molecule has 0 fully saturated rings. The summed E-state index contributed by atoms with van der Waals surface area (Å²) in [4.78, 5) is 11.7. The molecule has 120 valence electrons. The number of ether oxygens (including phenoxy) is 2. The van der Waals surface area contributed by atoms with Gasteiger partial charge in [0.2, 0.25) is 0 Å². The smallest absolute Gasteiger partial charge is 0.336 e. The molecule has 1 aromatic heterocycles. The monoisotopic (exact) mass is 312 g/mol. The van der Waals surface area contributed by atoms with E-state index in [1.54, 1.807) is 6.07 Å². The predicted molar refractivity (Wildman–Crippen MR) is 89.3 cm³/mol. The zero-order valence-electron chi connectivity index (χ0n) is 14.0. The van der Waals surface area contributed by atoms with Crippen molar-refractivity contribution in [3.63, 3.8) is 0 Å². The molecule has 2 aromatic rings. The van der Waals surface area contributed by atoms with Gasteiger partial charge in [-0.25, -0.2) is 4.79 Å². The largest absolute Gasteiger partial charge is 0.489 e. The summed E-state index contributed by atoms with van der Waals surface area (Å²) in [6.07, 6.45) is 3.99. The van der Waals surface area contributed by atoms with Gasteiger partial charge in [0, 0.05) is 17.0 Å². The molecule has 1 unspecified atom stereocenters. The lowest BCUT2D eigenvalue weighted by molar-refractivity contribution is 0.152. The van der Waals surface area contributed by atoms with Crippen LogP contribution in [0.5, 0.6) is 11.5 Å². The molecule has 0 radical (unpaired) electrons. The maximum atomic E-state index is 11.7. The van der Waals surface area contributed by atoms with Crippen LogP contribution in [0.2, 0.25) is 0 Å². The Bertz CT molecular complexity index is 915. The van der Waals surface area contributed by atoms with Crippen LogP contribution in [0.3, 0.4) is 0 Å². The molecule has 2 aliphatic heterocycles. The Morgan fingerprint density at radius 3 is 2.57 bits per heavy atom. The molecule has 4 rings (SSSR count). The number of fused-ring (bicyclic) bond motifs is 6. The van der Waals surface area contributed by atoms with Crippen LogP contribution in [0.25, 0.3) is 17.0 Å². The van der Waals surface area contributed by atoms with E-state index in [0.717, 1.165) is 28.0 Å². The highest BCUT2D eigenvalue weighted by Gasteiger charge is 2.45. The highest BCUT2D eigenvalue weighted by Crippen LogP contribution is 2.54. The molecule has 23 heavy (non-hydrogen) atoms. The summed E-state index contributed by atoms with van der Waals surface area (Å²) in [5.74, 6) is 1.54. The minimum absolute atomic E-state index is 0.0109. The molecule has 0 saturated heterocycles. The van der Waals surface area contributed by atoms with Crippen molar-refractivity contribution in [1.82, 2.24) is 0 Å². The minimum Gasteiger partial charge on any atom is -0.489 e. The van der Waals surface area contributed by atoms with Crippen molar-refractivity contribution >= 4 is 17.0 Å². The molecule has 4 heteroatoms. The fraction of sp³-hybridized carbons (Fsp3) is 0.421. The third-order valence-corrected chi connectivity index (χ3v) is 4.99. The maximum Gasteiger partial charge on any atom is 0.336 e. The Morgan fingerprint density at radius 1 is 1.09 bits per heavy atom. The number of benzene rings is 1. The molecule has 1 aromatic carbocycles. The van der Waals surface area contributed by atoms with Gasteiger partial charge in [0.1, 0.15) is 23.2 Å². The van der Waals surface area contributed by atoms with Gasteiger partial charge in [-0.3, -0.25) is 0 Å². The van der Waals surface area contributed by atoms with Crippen LogP contribution >= 0.6 is 0 Å². The van der Waals surface area contributed by atoms with E-state index in [4.69, 9.17) is 13.9 Å². The fourth-order valence-electron chi connectivity index (χ4n) is 3.34. The predicted octanol–water partition coefficient (Wildman–Crippen LogP) is 4.04. The summed E-state index contributed by atoms with van der Waals surface area (Å²) in [6, 6.07) is 3.22. The molecule has 3 heterocycles. The van der Waals surface area contributed by atoms with Crippen LogP contribution < -0.4 is 15.1 Å². The Morgan fingerprint density at radius 2 is 1.83 bits per heavy atom. The second-order valence-electron chi connectivity index (χ2n) is 7.46. The Labute approximate surface area is 134 Å². The summed E-state index contributed by atoms with van der Waals surface area (Å²) in [6.45, 7) is 10.4. The standard InChI is InChI=1S/C19H20O4/c1-10-19(4,5)14-16(21-10)11-6-7-13(20)22-15(11)12-8-9-18(2,3)23-17(12)14/h6-10H,1-5H3. The normalized spacial score (nSPS) is 23.1. The van der Waals surface area contributed by atoms with Gasteiger partial charge in [-0.15, -0.1) is 0 Å². The highest BCUT2D eigenvalue weighted by molar-refractivity contribution is 5.96. The lowest BCUT2D eigenvalue weighted by Crippen LogP contribution is -2.32. The van der Waals surface area contributed by atoms with Gasteiger partial charge in [0.25, 0.3) is 0 Å². The van der Waals surface area contributed by atoms with Crippen molar-refractivity contribution in [3.05, 3.63) is 39.8 Å². The van der Waals surface area contributed by atoms with Crippen molar-refractivity contribution in [2.45, 2.75) is 51.7 Å². The van der Waals surface area contributed by atoms with Crippen molar-refractivity contribution in [3.8, 4) is 11.5 Å². The van der Waals surface area contributed by atoms with E-state index in [2.05, 4.69) is 20.8 Å². The fourth-order valence-corrected chi connectivity index (χ4v) is 3.34. The Hall–Kier alpha value is -2.23. The van der Waals surface area contributed by atoms with Gasteiger partial charge < -0.3 is 13.9 Å². The Kier molecular flexibility index (Phi) is 2.62. The van der Waals surface area contributed by atoms with E-state index < -0.39 is 5.60 Å². The number of hydrogen-bond donors (Lipinski definition) is 0. The van der Waals surface area contributed by atoms with Crippen LogP contribution in [0, 0.1) is 0 Å². The van der Waals surface area contributed by atoms with Crippen LogP contribution in [-0.4, -0.2) is 11.7 Å². The highest BCUT2D eigenvalue weighted by atomic mass is 16.5. The quantitative estimate of drug-likeness (QED) is 0.689. The first kappa shape index (κ1) is 14.4. The second kappa shape index (κ2) is 4.19. The van der Waals surface area contributed by atoms with Crippen molar-refractivity contribution in [1.29, 1.82) is 0 Å². The first-order chi connectivity index (χ1) is 10.7. The Balaban J connectivity index is 2.18. The molecule has 0 amide bonds. The molecular formula is C19H20O4. The van der Waals surface area contributed by atoms with Crippen LogP contribution in [0.15, 0.2) is 27.4 Å². The number of hydrogen-bond acceptors (Lipinski definition) is 4. The van der Waals surface area contributed by atoms with Gasteiger partial charge in [-0.05, 0) is 39.0 Å². The molecule has 4 nitrogen and oxygen atoms in total. The first-order valence-corrected chi connectivity index (χ1v) is 7.90. The van der Waals surface area contributed by atoms with Gasteiger partial charge in [0.05, 0.1) is 10.9 Å². The molecule has 0 saturated carbocycles. The van der Waals surface area contributed by atoms with E-state index in [1.165, 1.54) is 6.07 Å². The van der Waals surface area contributed by atoms with E-state index in [0.29, 0.717) is 5.58 Å². The SMILES string of the molecule is CC1Oc2c(c3c(c4oc(=O)ccc24)C=CC(C)(C)O3)C1(C)C. The zero-order valence-corrected chi connectivity index (χ0v) is 14.0. The summed E-state index contributed by atoms with van der Waals surface area (Å²) in [7, 11) is 0. The average molecular weight is 312 g/mol. The average Bonchev–Trinajstić information content (AvgIpc) is 2.68. The summed E-state index contributed by atoms with van der Waals surface area (Å²) in [5, 5.41) is 0.823. The third kappa shape index (κ3) is 1.87. The number of rotatable bonds is 0. The van der Waals surface area contributed by atoms with Crippen molar-refractivity contribution < 1.29 is 13.9 Å². The summed E-state index contributed by atoms with van der Waals surface area (Å²) in [5.41, 5.74) is 1.43. The summed E-state index contributed by atoms with van der Waals surface area (Å²) < 4.78 is 17.9. The van der Waals surface area contributed by atoms with Crippen LogP contribution in [0.1, 0.15) is 45.7 Å². The van der Waals surface area contributed by atoms with E-state index in [9.17, 15) is 4.79 Å². The van der Waals surface area contributed by atoms with Crippen molar-refractivity contribution in [2.75, 3.05) is 0 Å². The third-order valence-electron chi connectivity index (χ3n) is 4.99. The zero-order chi connectivity index (χ0) is 16.6. The molecule has 2 aliphatic rings. The lowest BCUT2D eigenvalue weighted by Gasteiger charge is -2.32. The van der Waals surface area contributed by atoms with Gasteiger partial charge in [0.15, 0.2) is 5.58 Å². The van der Waals surface area contributed by atoms with Gasteiger partial charge in [-0.1, -0.05) is 13.8 Å². The van der Waals surface area contributed by atoms with E-state index >= 15 is 0 Å². The minimum atomic E-state index is -0.411. The maximum absolute atomic E-state index is 11.7. The van der Waals surface area contributed by atoms with Crippen molar-refractivity contribution in [2.24, 2.45) is 0 Å². The van der Waals surface area contributed by atoms with Crippen LogP contribution in [-0.2, 0) is 5.41 Å². The van der Waals surface area contributed by atoms with E-state index in [-0.39, 0.29) is 17.1 Å². The molecule has 0 N–H and O–H groups in total. The molecule has 1 atom stereocenters. The van der Waals surface area contributed by atoms with E-state index in [1.807, 2.05) is 26.0 Å². The van der Waals surface area contributed by atoms with Gasteiger partial charge in [-0.2, -0.15) is 0 Å². The van der Waals surface area contributed by atoms with Gasteiger partial charge >= 0.3 is 5.63 Å². The first-order valence-electron chi connectivity index (χ1n) is 7.90. The molecular weight excluding hydrogens is 292 g/mol. The molecule has 0 aliphatic carbocycles. The lowest BCUT2D eigenvalue weighted by atomic mass is 9.79. The van der Waals surface area contributed by atoms with Crippen LogP contribution in [0.4, 0.5) is 0 Å². The topological polar surface area (TPSA) is 48.7 Å². The second-order valence-corrected chi connectivity index (χ2v) is 7.46. The molecule has 0 spiro atoms.